The van der Waals surface area contributed by atoms with Crippen LogP contribution < -0.4 is 16.0 Å². The van der Waals surface area contributed by atoms with Crippen LogP contribution in [0.2, 0.25) is 5.02 Å². The molecule has 2 rings (SSSR count). The molecule has 1 fully saturated rings. The quantitative estimate of drug-likeness (QED) is 0.656. The van der Waals surface area contributed by atoms with E-state index >= 15 is 0 Å². The average Bonchev–Trinajstić information content (AvgIpc) is 2.59. The molecule has 8 heteroatoms. The first-order valence-corrected chi connectivity index (χ1v) is 8.04. The summed E-state index contributed by atoms with van der Waals surface area (Å²) in [4.78, 5) is 24.3. The Kier molecular flexibility index (Phi) is 8.48. The van der Waals surface area contributed by atoms with E-state index in [4.69, 9.17) is 16.3 Å². The van der Waals surface area contributed by atoms with Gasteiger partial charge in [-0.2, -0.15) is 0 Å². The topological polar surface area (TPSA) is 79.5 Å². The molecule has 0 aromatic heterocycles. The molecule has 134 valence electrons. The van der Waals surface area contributed by atoms with Crippen LogP contribution in [0.5, 0.6) is 0 Å². The van der Waals surface area contributed by atoms with E-state index in [-0.39, 0.29) is 24.2 Å². The van der Waals surface area contributed by atoms with Gasteiger partial charge < -0.3 is 20.7 Å². The van der Waals surface area contributed by atoms with Crippen molar-refractivity contribution in [2.24, 2.45) is 0 Å². The predicted octanol–water partition coefficient (Wildman–Crippen LogP) is 1.38. The monoisotopic (exact) mass is 375 g/mol. The number of methoxy groups -OCH3 is 1. The van der Waals surface area contributed by atoms with Crippen molar-refractivity contribution in [1.29, 1.82) is 0 Å². The fourth-order valence-electron chi connectivity index (χ4n) is 2.61. The van der Waals surface area contributed by atoms with Gasteiger partial charge in [-0.05, 0) is 38.1 Å². The van der Waals surface area contributed by atoms with Crippen LogP contribution in [-0.4, -0.2) is 50.7 Å². The highest BCUT2D eigenvalue weighted by molar-refractivity contribution is 6.33. The third-order valence-electron chi connectivity index (χ3n) is 4.03. The van der Waals surface area contributed by atoms with E-state index in [0.717, 1.165) is 13.1 Å². The minimum Gasteiger partial charge on any atom is -0.368 e. The molecule has 0 unspecified atom stereocenters. The van der Waals surface area contributed by atoms with E-state index in [1.165, 1.54) is 0 Å². The smallest absolute Gasteiger partial charge is 0.252 e. The van der Waals surface area contributed by atoms with Crippen LogP contribution in [0.1, 0.15) is 23.2 Å². The lowest BCUT2D eigenvalue weighted by Crippen LogP contribution is -2.54. The van der Waals surface area contributed by atoms with Crippen LogP contribution in [0.15, 0.2) is 24.3 Å². The van der Waals surface area contributed by atoms with Crippen LogP contribution in [0, 0.1) is 0 Å². The molecule has 0 saturated carbocycles. The van der Waals surface area contributed by atoms with E-state index < -0.39 is 5.60 Å². The van der Waals surface area contributed by atoms with Crippen molar-refractivity contribution < 1.29 is 14.3 Å². The lowest BCUT2D eigenvalue weighted by atomic mass is 9.91. The Hall–Kier alpha value is -1.34. The molecule has 0 radical (unpaired) electrons. The number of nitrogens with one attached hydrogen (secondary N) is 3. The fraction of sp³-hybridized carbons (Fsp3) is 0.500. The summed E-state index contributed by atoms with van der Waals surface area (Å²) in [6.07, 6.45) is 1.28. The third-order valence-corrected chi connectivity index (χ3v) is 4.36. The molecule has 1 heterocycles. The first-order valence-electron chi connectivity index (χ1n) is 7.66. The molecule has 1 aromatic rings. The summed E-state index contributed by atoms with van der Waals surface area (Å²) in [5.74, 6) is -0.387. The van der Waals surface area contributed by atoms with Crippen LogP contribution in [0.3, 0.4) is 0 Å². The number of carbonyl (C=O) groups is 2. The first-order chi connectivity index (χ1) is 11.1. The first kappa shape index (κ1) is 20.7. The summed E-state index contributed by atoms with van der Waals surface area (Å²) in [5, 5.41) is 9.17. The molecule has 0 bridgehead atoms. The zero-order valence-electron chi connectivity index (χ0n) is 13.6. The third kappa shape index (κ3) is 5.08. The normalized spacial score (nSPS) is 15.9. The Morgan fingerprint density at radius 2 is 1.83 bits per heavy atom. The van der Waals surface area contributed by atoms with Gasteiger partial charge >= 0.3 is 0 Å². The summed E-state index contributed by atoms with van der Waals surface area (Å²) >= 11 is 5.97. The van der Waals surface area contributed by atoms with Gasteiger partial charge in [0.25, 0.3) is 11.8 Å². The van der Waals surface area contributed by atoms with Crippen molar-refractivity contribution >= 4 is 35.8 Å². The number of benzene rings is 1. The Labute approximate surface area is 153 Å². The van der Waals surface area contributed by atoms with Gasteiger partial charge in [0, 0.05) is 20.2 Å². The van der Waals surface area contributed by atoms with Crippen molar-refractivity contribution in [3.05, 3.63) is 34.9 Å². The SMILES string of the molecule is COC1(C(=O)NCCNC(=O)c2ccccc2Cl)CCNCC1.Cl. The van der Waals surface area contributed by atoms with Crippen LogP contribution in [0.4, 0.5) is 0 Å². The molecule has 2 amide bonds. The van der Waals surface area contributed by atoms with Crippen molar-refractivity contribution in [2.75, 3.05) is 33.3 Å². The van der Waals surface area contributed by atoms with Crippen LogP contribution >= 0.6 is 24.0 Å². The van der Waals surface area contributed by atoms with Crippen molar-refractivity contribution in [1.82, 2.24) is 16.0 Å². The van der Waals surface area contributed by atoms with Crippen molar-refractivity contribution in [3.8, 4) is 0 Å². The molecule has 0 atom stereocenters. The van der Waals surface area contributed by atoms with Gasteiger partial charge in [-0.3, -0.25) is 9.59 Å². The number of ether oxygens (including phenoxy) is 1. The molecule has 1 aromatic carbocycles. The van der Waals surface area contributed by atoms with Gasteiger partial charge in [-0.1, -0.05) is 23.7 Å². The lowest BCUT2D eigenvalue weighted by molar-refractivity contribution is -0.146. The van der Waals surface area contributed by atoms with E-state index in [9.17, 15) is 9.59 Å². The molecule has 0 aliphatic carbocycles. The molecule has 1 saturated heterocycles. The van der Waals surface area contributed by atoms with Crippen molar-refractivity contribution in [3.63, 3.8) is 0 Å². The number of hydrogen-bond acceptors (Lipinski definition) is 4. The highest BCUT2D eigenvalue weighted by atomic mass is 35.5. The molecule has 1 aliphatic heterocycles. The molecule has 1 aliphatic rings. The molecular formula is C16H23Cl2N3O3. The van der Waals surface area contributed by atoms with E-state index in [2.05, 4.69) is 16.0 Å². The van der Waals surface area contributed by atoms with E-state index in [1.807, 2.05) is 0 Å². The predicted molar refractivity (Wildman–Crippen MR) is 95.9 cm³/mol. The molecule has 3 N–H and O–H groups in total. The summed E-state index contributed by atoms with van der Waals surface area (Å²) < 4.78 is 5.45. The van der Waals surface area contributed by atoms with E-state index in [0.29, 0.717) is 36.5 Å². The van der Waals surface area contributed by atoms with Gasteiger partial charge in [0.05, 0.1) is 10.6 Å². The second-order valence-corrected chi connectivity index (χ2v) is 5.85. The molecular weight excluding hydrogens is 353 g/mol. The van der Waals surface area contributed by atoms with Gasteiger partial charge in [-0.25, -0.2) is 0 Å². The largest absolute Gasteiger partial charge is 0.368 e. The van der Waals surface area contributed by atoms with Gasteiger partial charge in [-0.15, -0.1) is 12.4 Å². The number of carbonyl (C=O) groups excluding carboxylic acids is 2. The lowest BCUT2D eigenvalue weighted by Gasteiger charge is -2.34. The second-order valence-electron chi connectivity index (χ2n) is 5.44. The minimum absolute atomic E-state index is 0. The Bertz CT molecular complexity index is 563. The standard InChI is InChI=1S/C16H22ClN3O3.ClH/c1-23-16(6-8-18-9-7-16)15(22)20-11-10-19-14(21)12-4-2-3-5-13(12)17;/h2-5,18H,6-11H2,1H3,(H,19,21)(H,20,22);1H. The van der Waals surface area contributed by atoms with E-state index in [1.54, 1.807) is 31.4 Å². The second kappa shape index (κ2) is 9.84. The number of halogens is 2. The Balaban J connectivity index is 0.00000288. The van der Waals surface area contributed by atoms with Gasteiger partial charge in [0.1, 0.15) is 5.60 Å². The summed E-state index contributed by atoms with van der Waals surface area (Å²) in [5.41, 5.74) is -0.343. The zero-order chi connectivity index (χ0) is 16.7. The van der Waals surface area contributed by atoms with Gasteiger partial charge in [0.15, 0.2) is 0 Å². The molecule has 24 heavy (non-hydrogen) atoms. The maximum atomic E-state index is 12.3. The average molecular weight is 376 g/mol. The number of hydrogen-bond donors (Lipinski definition) is 3. The van der Waals surface area contributed by atoms with Gasteiger partial charge in [0.2, 0.25) is 0 Å². The number of amides is 2. The summed E-state index contributed by atoms with van der Waals surface area (Å²) in [6, 6.07) is 6.84. The highest BCUT2D eigenvalue weighted by Crippen LogP contribution is 2.22. The Morgan fingerprint density at radius 1 is 1.21 bits per heavy atom. The van der Waals surface area contributed by atoms with Crippen LogP contribution in [-0.2, 0) is 9.53 Å². The number of rotatable bonds is 6. The molecule has 6 nitrogen and oxygen atoms in total. The fourth-order valence-corrected chi connectivity index (χ4v) is 2.83. The highest BCUT2D eigenvalue weighted by Gasteiger charge is 2.39. The summed E-state index contributed by atoms with van der Waals surface area (Å²) in [6.45, 7) is 2.18. The van der Waals surface area contributed by atoms with Crippen LogP contribution in [0.25, 0.3) is 0 Å². The maximum Gasteiger partial charge on any atom is 0.252 e. The number of piperidine rings is 1. The zero-order valence-corrected chi connectivity index (χ0v) is 15.1. The molecule has 0 spiro atoms. The Morgan fingerprint density at radius 3 is 2.46 bits per heavy atom. The van der Waals surface area contributed by atoms with Crippen molar-refractivity contribution in [2.45, 2.75) is 18.4 Å². The maximum absolute atomic E-state index is 12.3. The minimum atomic E-state index is -0.766. The summed E-state index contributed by atoms with van der Waals surface area (Å²) in [7, 11) is 1.56.